The SMILES string of the molecule is Cc1cnc(Br)c2c(N)nsc12. The maximum Gasteiger partial charge on any atom is 0.147 e. The van der Waals surface area contributed by atoms with Crippen LogP contribution >= 0.6 is 27.5 Å². The van der Waals surface area contributed by atoms with Gasteiger partial charge >= 0.3 is 0 Å². The highest BCUT2D eigenvalue weighted by Crippen LogP contribution is 2.31. The molecule has 0 amide bonds. The van der Waals surface area contributed by atoms with Crippen molar-refractivity contribution in [3.8, 4) is 0 Å². The van der Waals surface area contributed by atoms with E-state index in [1.807, 2.05) is 13.1 Å². The highest BCUT2D eigenvalue weighted by atomic mass is 79.9. The smallest absolute Gasteiger partial charge is 0.147 e. The maximum absolute atomic E-state index is 5.68. The molecular weight excluding hydrogens is 238 g/mol. The number of anilines is 1. The minimum Gasteiger partial charge on any atom is -0.382 e. The van der Waals surface area contributed by atoms with E-state index in [2.05, 4.69) is 25.3 Å². The van der Waals surface area contributed by atoms with Gasteiger partial charge in [0.05, 0.1) is 10.1 Å². The Morgan fingerprint density at radius 2 is 2.33 bits per heavy atom. The van der Waals surface area contributed by atoms with Gasteiger partial charge in [-0.05, 0) is 39.9 Å². The number of hydrogen-bond donors (Lipinski definition) is 1. The summed E-state index contributed by atoms with van der Waals surface area (Å²) in [5.74, 6) is 0.554. The van der Waals surface area contributed by atoms with Crippen molar-refractivity contribution < 1.29 is 0 Å². The Morgan fingerprint density at radius 1 is 1.58 bits per heavy atom. The molecule has 0 radical (unpaired) electrons. The summed E-state index contributed by atoms with van der Waals surface area (Å²) in [4.78, 5) is 4.14. The van der Waals surface area contributed by atoms with Crippen molar-refractivity contribution in [2.24, 2.45) is 0 Å². The lowest BCUT2D eigenvalue weighted by atomic mass is 10.2. The van der Waals surface area contributed by atoms with E-state index in [4.69, 9.17) is 5.73 Å². The second-order valence-corrected chi connectivity index (χ2v) is 4.03. The molecule has 0 saturated carbocycles. The fourth-order valence-corrected chi connectivity index (χ4v) is 2.45. The Labute approximate surface area is 81.9 Å². The van der Waals surface area contributed by atoms with Gasteiger partial charge in [0, 0.05) is 6.20 Å². The molecule has 62 valence electrons. The molecule has 0 saturated heterocycles. The number of aromatic nitrogens is 2. The van der Waals surface area contributed by atoms with Gasteiger partial charge in [-0.15, -0.1) is 0 Å². The molecule has 0 aliphatic heterocycles. The monoisotopic (exact) mass is 243 g/mol. The summed E-state index contributed by atoms with van der Waals surface area (Å²) in [5, 5.41) is 0.931. The normalized spacial score (nSPS) is 10.8. The van der Waals surface area contributed by atoms with Gasteiger partial charge < -0.3 is 5.73 Å². The first-order valence-corrected chi connectivity index (χ1v) is 4.92. The molecule has 2 N–H and O–H groups in total. The first-order chi connectivity index (χ1) is 5.70. The van der Waals surface area contributed by atoms with Crippen LogP contribution in [-0.4, -0.2) is 9.36 Å². The van der Waals surface area contributed by atoms with Crippen LogP contribution in [0, 0.1) is 6.92 Å². The van der Waals surface area contributed by atoms with Gasteiger partial charge in [-0.1, -0.05) is 0 Å². The minimum absolute atomic E-state index is 0.554. The minimum atomic E-state index is 0.554. The van der Waals surface area contributed by atoms with Gasteiger partial charge in [0.2, 0.25) is 0 Å². The molecule has 0 atom stereocenters. The third-order valence-electron chi connectivity index (χ3n) is 1.65. The summed E-state index contributed by atoms with van der Waals surface area (Å²) < 4.78 is 5.95. The highest BCUT2D eigenvalue weighted by molar-refractivity contribution is 9.10. The van der Waals surface area contributed by atoms with Gasteiger partial charge in [0.1, 0.15) is 10.4 Å². The summed E-state index contributed by atoms with van der Waals surface area (Å²) in [6.45, 7) is 2.00. The van der Waals surface area contributed by atoms with Crippen molar-refractivity contribution in [1.29, 1.82) is 0 Å². The van der Waals surface area contributed by atoms with Gasteiger partial charge in [-0.2, -0.15) is 4.37 Å². The zero-order valence-corrected chi connectivity index (χ0v) is 8.74. The Bertz CT molecular complexity index is 437. The molecule has 0 bridgehead atoms. The largest absolute Gasteiger partial charge is 0.382 e. The molecule has 2 aromatic rings. The molecule has 0 aliphatic rings. The molecule has 12 heavy (non-hydrogen) atoms. The van der Waals surface area contributed by atoms with Crippen molar-refractivity contribution in [3.05, 3.63) is 16.4 Å². The fraction of sp³-hybridized carbons (Fsp3) is 0.143. The number of halogens is 1. The van der Waals surface area contributed by atoms with Crippen LogP contribution in [0.3, 0.4) is 0 Å². The molecule has 3 nitrogen and oxygen atoms in total. The molecule has 5 heteroatoms. The van der Waals surface area contributed by atoms with E-state index in [1.165, 1.54) is 11.5 Å². The average Bonchev–Trinajstić information content (AvgIpc) is 2.42. The lowest BCUT2D eigenvalue weighted by Gasteiger charge is -1.95. The highest BCUT2D eigenvalue weighted by Gasteiger charge is 2.09. The van der Waals surface area contributed by atoms with E-state index in [-0.39, 0.29) is 0 Å². The number of rotatable bonds is 0. The molecular formula is C7H6BrN3S. The first-order valence-electron chi connectivity index (χ1n) is 3.36. The van der Waals surface area contributed by atoms with Crippen molar-refractivity contribution in [1.82, 2.24) is 9.36 Å². The topological polar surface area (TPSA) is 51.8 Å². The van der Waals surface area contributed by atoms with E-state index in [0.29, 0.717) is 5.82 Å². The van der Waals surface area contributed by atoms with E-state index in [1.54, 1.807) is 0 Å². The molecule has 2 aromatic heterocycles. The quantitative estimate of drug-likeness (QED) is 0.723. The summed E-state index contributed by atoms with van der Waals surface area (Å²) in [6.07, 6.45) is 1.81. The Morgan fingerprint density at radius 3 is 3.00 bits per heavy atom. The van der Waals surface area contributed by atoms with E-state index in [9.17, 15) is 0 Å². The zero-order chi connectivity index (χ0) is 8.72. The number of nitrogens with two attached hydrogens (primary N) is 1. The fourth-order valence-electron chi connectivity index (χ4n) is 1.05. The standard InChI is InChI=1S/C7H6BrN3S/c1-3-2-10-6(8)4-5(3)12-11-7(4)9/h2H,1H3,(H2,9,11). The van der Waals surface area contributed by atoms with Gasteiger partial charge in [0.15, 0.2) is 0 Å². The van der Waals surface area contributed by atoms with Crippen LogP contribution in [0.4, 0.5) is 5.82 Å². The Hall–Kier alpha value is -0.680. The number of fused-ring (bicyclic) bond motifs is 1. The second kappa shape index (κ2) is 2.67. The summed E-state index contributed by atoms with van der Waals surface area (Å²) in [6, 6.07) is 0. The lowest BCUT2D eigenvalue weighted by molar-refractivity contribution is 1.28. The predicted molar refractivity (Wildman–Crippen MR) is 54.3 cm³/mol. The van der Waals surface area contributed by atoms with Crippen LogP contribution in [0.5, 0.6) is 0 Å². The number of nitrogen functional groups attached to an aromatic ring is 1. The van der Waals surface area contributed by atoms with Gasteiger partial charge in [0.25, 0.3) is 0 Å². The van der Waals surface area contributed by atoms with E-state index in [0.717, 1.165) is 20.3 Å². The third-order valence-corrected chi connectivity index (χ3v) is 3.25. The van der Waals surface area contributed by atoms with Crippen molar-refractivity contribution in [2.75, 3.05) is 5.73 Å². The van der Waals surface area contributed by atoms with Crippen LogP contribution in [-0.2, 0) is 0 Å². The lowest BCUT2D eigenvalue weighted by Crippen LogP contribution is -1.86. The average molecular weight is 244 g/mol. The van der Waals surface area contributed by atoms with E-state index >= 15 is 0 Å². The Kier molecular flexibility index (Phi) is 1.77. The summed E-state index contributed by atoms with van der Waals surface area (Å²) in [5.41, 5.74) is 6.79. The van der Waals surface area contributed by atoms with Crippen LogP contribution in [0.15, 0.2) is 10.8 Å². The number of pyridine rings is 1. The molecule has 0 aromatic carbocycles. The molecule has 0 aliphatic carbocycles. The van der Waals surface area contributed by atoms with Crippen molar-refractivity contribution in [2.45, 2.75) is 6.92 Å². The molecule has 2 rings (SSSR count). The molecule has 2 heterocycles. The second-order valence-electron chi connectivity index (χ2n) is 2.50. The summed E-state index contributed by atoms with van der Waals surface area (Å²) in [7, 11) is 0. The Balaban J connectivity index is 2.98. The molecule has 0 spiro atoms. The van der Waals surface area contributed by atoms with Crippen LogP contribution < -0.4 is 5.73 Å². The van der Waals surface area contributed by atoms with Crippen LogP contribution in [0.25, 0.3) is 10.1 Å². The van der Waals surface area contributed by atoms with Crippen LogP contribution in [0.1, 0.15) is 5.56 Å². The van der Waals surface area contributed by atoms with Gasteiger partial charge in [-0.25, -0.2) is 4.98 Å². The summed E-state index contributed by atoms with van der Waals surface area (Å²) >= 11 is 4.75. The molecule has 0 fully saturated rings. The maximum atomic E-state index is 5.68. The number of nitrogens with zero attached hydrogens (tertiary/aromatic N) is 2. The van der Waals surface area contributed by atoms with Crippen molar-refractivity contribution >= 4 is 43.4 Å². The first kappa shape index (κ1) is 7.94. The number of hydrogen-bond acceptors (Lipinski definition) is 4. The number of aryl methyl sites for hydroxylation is 1. The predicted octanol–water partition coefficient (Wildman–Crippen LogP) is 2.34. The zero-order valence-electron chi connectivity index (χ0n) is 6.34. The van der Waals surface area contributed by atoms with Crippen molar-refractivity contribution in [3.63, 3.8) is 0 Å². The van der Waals surface area contributed by atoms with E-state index < -0.39 is 0 Å². The molecule has 0 unspecified atom stereocenters. The van der Waals surface area contributed by atoms with Gasteiger partial charge in [-0.3, -0.25) is 0 Å². The van der Waals surface area contributed by atoms with Crippen LogP contribution in [0.2, 0.25) is 0 Å². The third kappa shape index (κ3) is 1.01.